The zero-order valence-electron chi connectivity index (χ0n) is 20.0. The Labute approximate surface area is 222 Å². The smallest absolute Gasteiger partial charge is 0.343 e. The highest BCUT2D eigenvalue weighted by Crippen LogP contribution is 2.25. The predicted molar refractivity (Wildman–Crippen MR) is 143 cm³/mol. The lowest BCUT2D eigenvalue weighted by Gasteiger charge is -2.12. The Morgan fingerprint density at radius 2 is 1.47 bits per heavy atom. The Morgan fingerprint density at radius 3 is 2.16 bits per heavy atom. The van der Waals surface area contributed by atoms with Gasteiger partial charge in [-0.05, 0) is 84.9 Å². The maximum absolute atomic E-state index is 13.6. The summed E-state index contributed by atoms with van der Waals surface area (Å²) in [7, 11) is 0. The minimum absolute atomic E-state index is 0.162. The van der Waals surface area contributed by atoms with E-state index in [1.54, 1.807) is 30.3 Å². The second-order valence-electron chi connectivity index (χ2n) is 8.32. The van der Waals surface area contributed by atoms with Gasteiger partial charge in [-0.3, -0.25) is 0 Å². The van der Waals surface area contributed by atoms with E-state index in [0.717, 1.165) is 11.0 Å². The largest absolute Gasteiger partial charge is 0.492 e. The number of benzene rings is 4. The molecule has 0 fully saturated rings. The molecule has 0 amide bonds. The predicted octanol–water partition coefficient (Wildman–Crippen LogP) is 7.40. The van der Waals surface area contributed by atoms with Crippen LogP contribution in [0, 0.1) is 11.6 Å². The average molecular weight is 531 g/mol. The number of nitrogens with zero attached hydrogens (tertiary/aromatic N) is 2. The van der Waals surface area contributed by atoms with E-state index < -0.39 is 17.6 Å². The van der Waals surface area contributed by atoms with E-state index in [1.807, 2.05) is 28.8 Å². The van der Waals surface area contributed by atoms with Crippen LogP contribution >= 0.6 is 11.6 Å². The summed E-state index contributed by atoms with van der Waals surface area (Å²) >= 11 is 5.95. The summed E-state index contributed by atoms with van der Waals surface area (Å²) in [6, 6.07) is 25.3. The number of aromatic nitrogens is 2. The minimum Gasteiger partial charge on any atom is -0.492 e. The first-order chi connectivity index (χ1) is 18.5. The van der Waals surface area contributed by atoms with Crippen molar-refractivity contribution in [2.45, 2.75) is 6.54 Å². The Balaban J connectivity index is 1.49. The van der Waals surface area contributed by atoms with Gasteiger partial charge in [0.2, 0.25) is 0 Å². The zero-order valence-corrected chi connectivity index (χ0v) is 20.7. The minimum atomic E-state index is -0.686. The second-order valence-corrected chi connectivity index (χ2v) is 8.76. The van der Waals surface area contributed by atoms with Crippen LogP contribution in [0.1, 0.15) is 21.7 Å². The van der Waals surface area contributed by atoms with E-state index >= 15 is 0 Å². The molecule has 5 aromatic rings. The number of imidazole rings is 1. The molecule has 0 N–H and O–H groups in total. The number of carbonyl (C=O) groups is 1. The van der Waals surface area contributed by atoms with Gasteiger partial charge < -0.3 is 14.0 Å². The van der Waals surface area contributed by atoms with Crippen molar-refractivity contribution in [3.63, 3.8) is 0 Å². The quantitative estimate of drug-likeness (QED) is 0.155. The molecular formula is C30H21ClF2N2O3. The van der Waals surface area contributed by atoms with Gasteiger partial charge >= 0.3 is 5.97 Å². The van der Waals surface area contributed by atoms with Gasteiger partial charge in [-0.2, -0.15) is 0 Å². The normalized spacial score (nSPS) is 11.5. The van der Waals surface area contributed by atoms with E-state index in [2.05, 4.69) is 0 Å². The van der Waals surface area contributed by atoms with E-state index in [4.69, 9.17) is 26.1 Å². The Morgan fingerprint density at radius 1 is 0.842 bits per heavy atom. The summed E-state index contributed by atoms with van der Waals surface area (Å²) in [6.45, 7) is 0.779. The highest BCUT2D eigenvalue weighted by Gasteiger charge is 2.16. The molecule has 0 bridgehead atoms. The third-order valence-electron chi connectivity index (χ3n) is 5.75. The van der Waals surface area contributed by atoms with Crippen molar-refractivity contribution in [2.24, 2.45) is 0 Å². The summed E-state index contributed by atoms with van der Waals surface area (Å²) in [5.41, 5.74) is 2.25. The van der Waals surface area contributed by atoms with Gasteiger partial charge in [-0.1, -0.05) is 23.7 Å². The molecule has 38 heavy (non-hydrogen) atoms. The van der Waals surface area contributed by atoms with E-state index in [0.29, 0.717) is 35.3 Å². The van der Waals surface area contributed by atoms with Gasteiger partial charge in [0, 0.05) is 16.7 Å². The molecule has 0 spiro atoms. The average Bonchev–Trinajstić information content (AvgIpc) is 3.27. The van der Waals surface area contributed by atoms with Crippen LogP contribution in [0.15, 0.2) is 97.1 Å². The standard InChI is InChI=1S/C30H21ClF2N2O3/c31-22-9-15-25(16-10-22)37-18-17-35-27-4-2-1-3-26(27)34-29(35)19-28(20-5-11-23(32)12-6-20)38-30(36)21-7-13-24(33)14-8-21/h1-16,19H,17-18H2/b28-19+. The maximum Gasteiger partial charge on any atom is 0.343 e. The van der Waals surface area contributed by atoms with Gasteiger partial charge in [0.25, 0.3) is 0 Å². The third-order valence-corrected chi connectivity index (χ3v) is 6.00. The molecule has 0 atom stereocenters. The van der Waals surface area contributed by atoms with Crippen molar-refractivity contribution in [3.05, 3.63) is 131 Å². The second kappa shape index (κ2) is 11.3. The molecule has 0 radical (unpaired) electrons. The number of fused-ring (bicyclic) bond motifs is 1. The number of halogens is 3. The first kappa shape index (κ1) is 25.2. The van der Waals surface area contributed by atoms with Crippen molar-refractivity contribution < 1.29 is 23.0 Å². The van der Waals surface area contributed by atoms with Crippen molar-refractivity contribution in [3.8, 4) is 5.75 Å². The molecule has 5 nitrogen and oxygen atoms in total. The summed E-state index contributed by atoms with van der Waals surface area (Å²) in [5.74, 6) is -0.230. The fourth-order valence-corrected chi connectivity index (χ4v) is 4.00. The molecule has 0 aliphatic rings. The summed E-state index contributed by atoms with van der Waals surface area (Å²) in [5, 5.41) is 0.619. The van der Waals surface area contributed by atoms with Gasteiger partial charge in [0.15, 0.2) is 0 Å². The van der Waals surface area contributed by atoms with Crippen LogP contribution in [0.4, 0.5) is 8.78 Å². The van der Waals surface area contributed by atoms with E-state index in [-0.39, 0.29) is 11.3 Å². The highest BCUT2D eigenvalue weighted by molar-refractivity contribution is 6.30. The fraction of sp³-hybridized carbons (Fsp3) is 0.0667. The number of carbonyl (C=O) groups excluding carboxylic acids is 1. The van der Waals surface area contributed by atoms with Crippen molar-refractivity contribution in [2.75, 3.05) is 6.61 Å². The monoisotopic (exact) mass is 530 g/mol. The molecule has 4 aromatic carbocycles. The van der Waals surface area contributed by atoms with Crippen molar-refractivity contribution >= 4 is 40.4 Å². The van der Waals surface area contributed by atoms with Gasteiger partial charge in [-0.25, -0.2) is 18.6 Å². The van der Waals surface area contributed by atoms with Crippen LogP contribution < -0.4 is 4.74 Å². The zero-order chi connectivity index (χ0) is 26.5. The topological polar surface area (TPSA) is 53.3 Å². The number of rotatable bonds is 8. The lowest BCUT2D eigenvalue weighted by molar-refractivity contribution is 0.0693. The van der Waals surface area contributed by atoms with E-state index in [9.17, 15) is 13.6 Å². The highest BCUT2D eigenvalue weighted by atomic mass is 35.5. The number of hydrogen-bond donors (Lipinski definition) is 0. The van der Waals surface area contributed by atoms with Crippen molar-refractivity contribution in [1.82, 2.24) is 9.55 Å². The number of ether oxygens (including phenoxy) is 2. The molecule has 5 rings (SSSR count). The number of esters is 1. The summed E-state index contributed by atoms with van der Waals surface area (Å²) < 4.78 is 40.6. The molecule has 1 heterocycles. The maximum atomic E-state index is 13.6. The van der Waals surface area contributed by atoms with Crippen LogP contribution in [0.25, 0.3) is 22.9 Å². The van der Waals surface area contributed by atoms with Crippen molar-refractivity contribution in [1.29, 1.82) is 0 Å². The van der Waals surface area contributed by atoms with Crippen LogP contribution in [0.5, 0.6) is 5.75 Å². The molecular weight excluding hydrogens is 510 g/mol. The van der Waals surface area contributed by atoms with Crippen LogP contribution in [0.3, 0.4) is 0 Å². The van der Waals surface area contributed by atoms with Gasteiger partial charge in [0.05, 0.1) is 23.1 Å². The molecule has 1 aromatic heterocycles. The van der Waals surface area contributed by atoms with Crippen LogP contribution in [-0.2, 0) is 11.3 Å². The lowest BCUT2D eigenvalue weighted by Crippen LogP contribution is -2.10. The summed E-state index contributed by atoms with van der Waals surface area (Å²) in [6.07, 6.45) is 1.62. The third kappa shape index (κ3) is 5.90. The number of para-hydroxylation sites is 2. The molecule has 0 unspecified atom stereocenters. The Hall–Kier alpha value is -4.49. The Bertz CT molecular complexity index is 1600. The first-order valence-corrected chi connectivity index (χ1v) is 12.1. The van der Waals surface area contributed by atoms with Crippen LogP contribution in [0.2, 0.25) is 5.02 Å². The molecule has 8 heteroatoms. The van der Waals surface area contributed by atoms with Gasteiger partial charge in [-0.15, -0.1) is 0 Å². The molecule has 0 aliphatic heterocycles. The lowest BCUT2D eigenvalue weighted by atomic mass is 10.1. The molecule has 0 saturated carbocycles. The molecule has 0 saturated heterocycles. The number of hydrogen-bond acceptors (Lipinski definition) is 4. The van der Waals surface area contributed by atoms with E-state index in [1.165, 1.54) is 48.5 Å². The Kier molecular flexibility index (Phi) is 7.47. The SMILES string of the molecule is O=C(O/C(=C/c1nc2ccccc2n1CCOc1ccc(Cl)cc1)c1ccc(F)cc1)c1ccc(F)cc1. The summed E-state index contributed by atoms with van der Waals surface area (Å²) in [4.78, 5) is 17.6. The first-order valence-electron chi connectivity index (χ1n) is 11.8. The molecule has 0 aliphatic carbocycles. The fourth-order valence-electron chi connectivity index (χ4n) is 3.87. The molecule has 190 valence electrons. The van der Waals surface area contributed by atoms with Crippen LogP contribution in [-0.4, -0.2) is 22.1 Å². The van der Waals surface area contributed by atoms with Gasteiger partial charge in [0.1, 0.15) is 35.6 Å².